The van der Waals surface area contributed by atoms with Crippen LogP contribution in [-0.2, 0) is 20.7 Å². The molecule has 0 amide bonds. The number of carbonyl (C=O) groups excluding carboxylic acids is 1. The molecule has 0 N–H and O–H groups in total. The smallest absolute Gasteiger partial charge is 0.308 e. The number of aryl methyl sites for hydroxylation is 1. The predicted molar refractivity (Wildman–Crippen MR) is 70.0 cm³/mol. The van der Waals surface area contributed by atoms with Gasteiger partial charge in [-0.25, -0.2) is 14.4 Å². The molecule has 0 bridgehead atoms. The molecule has 1 atom stereocenters. The fourth-order valence-corrected chi connectivity index (χ4v) is 2.17. The van der Waals surface area contributed by atoms with E-state index in [1.165, 1.54) is 13.4 Å². The van der Waals surface area contributed by atoms with Crippen LogP contribution < -0.4 is 4.90 Å². The number of aromatic nitrogens is 2. The maximum Gasteiger partial charge on any atom is 0.308 e. The maximum absolute atomic E-state index is 14.2. The van der Waals surface area contributed by atoms with Crippen LogP contribution in [0.2, 0.25) is 0 Å². The Morgan fingerprint density at radius 3 is 3.10 bits per heavy atom. The minimum absolute atomic E-state index is 0.153. The van der Waals surface area contributed by atoms with Crippen LogP contribution in [-0.4, -0.2) is 48.8 Å². The second kappa shape index (κ2) is 6.60. The standard InChI is InChI=1S/C13H18FN3O3/c1-3-10-12(14)13(16-8-15-10)17-4-5-20-9(7-17)6-11(18)19-2/h8-9H,3-7H2,1-2H3. The quantitative estimate of drug-likeness (QED) is 0.766. The van der Waals surface area contributed by atoms with Gasteiger partial charge in [-0.1, -0.05) is 6.92 Å². The van der Waals surface area contributed by atoms with Crippen molar-refractivity contribution >= 4 is 11.8 Å². The second-order valence-electron chi connectivity index (χ2n) is 4.53. The molecule has 1 unspecified atom stereocenters. The normalized spacial score (nSPS) is 18.9. The summed E-state index contributed by atoms with van der Waals surface area (Å²) in [5.74, 6) is -0.460. The molecular weight excluding hydrogens is 265 g/mol. The number of anilines is 1. The van der Waals surface area contributed by atoms with Crippen LogP contribution in [0.3, 0.4) is 0 Å². The summed E-state index contributed by atoms with van der Waals surface area (Å²) in [5, 5.41) is 0. The minimum Gasteiger partial charge on any atom is -0.469 e. The number of morpholine rings is 1. The molecule has 1 aliphatic rings. The highest BCUT2D eigenvalue weighted by Crippen LogP contribution is 2.21. The summed E-state index contributed by atoms with van der Waals surface area (Å²) in [6, 6.07) is 0. The average Bonchev–Trinajstić information content (AvgIpc) is 2.47. The lowest BCUT2D eigenvalue weighted by atomic mass is 10.2. The third kappa shape index (κ3) is 3.22. The van der Waals surface area contributed by atoms with Gasteiger partial charge in [0.1, 0.15) is 6.33 Å². The van der Waals surface area contributed by atoms with Crippen LogP contribution in [0.25, 0.3) is 0 Å². The molecule has 1 aliphatic heterocycles. The summed E-state index contributed by atoms with van der Waals surface area (Å²) in [5.41, 5.74) is 0.394. The maximum atomic E-state index is 14.2. The van der Waals surface area contributed by atoms with Gasteiger partial charge in [-0.3, -0.25) is 4.79 Å². The van der Waals surface area contributed by atoms with Crippen LogP contribution in [0.4, 0.5) is 10.2 Å². The SMILES string of the molecule is CCc1ncnc(N2CCOC(CC(=O)OC)C2)c1F. The van der Waals surface area contributed by atoms with E-state index in [1.54, 1.807) is 4.90 Å². The van der Waals surface area contributed by atoms with Crippen molar-refractivity contribution in [2.45, 2.75) is 25.9 Å². The van der Waals surface area contributed by atoms with Crippen molar-refractivity contribution in [3.63, 3.8) is 0 Å². The van der Waals surface area contributed by atoms with Crippen molar-refractivity contribution < 1.29 is 18.7 Å². The van der Waals surface area contributed by atoms with Crippen LogP contribution in [0, 0.1) is 5.82 Å². The number of rotatable bonds is 4. The van der Waals surface area contributed by atoms with Gasteiger partial charge in [-0.2, -0.15) is 0 Å². The number of carbonyl (C=O) groups is 1. The van der Waals surface area contributed by atoms with Gasteiger partial charge in [0.15, 0.2) is 11.6 Å². The second-order valence-corrected chi connectivity index (χ2v) is 4.53. The Balaban J connectivity index is 2.11. The molecule has 1 saturated heterocycles. The Kier molecular flexibility index (Phi) is 4.84. The minimum atomic E-state index is -0.395. The van der Waals surface area contributed by atoms with E-state index in [1.807, 2.05) is 6.92 Å². The molecule has 2 heterocycles. The first kappa shape index (κ1) is 14.6. The monoisotopic (exact) mass is 283 g/mol. The number of hydrogen-bond donors (Lipinski definition) is 0. The van der Waals surface area contributed by atoms with Gasteiger partial charge in [0.25, 0.3) is 0 Å². The third-order valence-electron chi connectivity index (χ3n) is 3.24. The molecule has 0 spiro atoms. The van der Waals surface area contributed by atoms with E-state index >= 15 is 0 Å². The van der Waals surface area contributed by atoms with Crippen molar-refractivity contribution in [2.75, 3.05) is 31.7 Å². The van der Waals surface area contributed by atoms with E-state index in [4.69, 9.17) is 4.74 Å². The number of ether oxygens (including phenoxy) is 2. The molecule has 20 heavy (non-hydrogen) atoms. The van der Waals surface area contributed by atoms with Gasteiger partial charge in [0.05, 0.1) is 31.9 Å². The topological polar surface area (TPSA) is 64.5 Å². The van der Waals surface area contributed by atoms with Crippen LogP contribution in [0.15, 0.2) is 6.33 Å². The highest BCUT2D eigenvalue weighted by molar-refractivity contribution is 5.69. The van der Waals surface area contributed by atoms with E-state index in [0.717, 1.165) is 0 Å². The molecule has 0 aliphatic carbocycles. The largest absolute Gasteiger partial charge is 0.469 e. The van der Waals surface area contributed by atoms with E-state index < -0.39 is 5.82 Å². The van der Waals surface area contributed by atoms with E-state index in [0.29, 0.717) is 31.8 Å². The molecule has 0 radical (unpaired) electrons. The molecule has 0 saturated carbocycles. The lowest BCUT2D eigenvalue weighted by Crippen LogP contribution is -2.44. The lowest BCUT2D eigenvalue weighted by molar-refractivity contribution is -0.144. The zero-order valence-electron chi connectivity index (χ0n) is 11.6. The fraction of sp³-hybridized carbons (Fsp3) is 0.615. The van der Waals surface area contributed by atoms with E-state index in [9.17, 15) is 9.18 Å². The molecule has 1 aromatic heterocycles. The van der Waals surface area contributed by atoms with Crippen molar-refractivity contribution in [3.05, 3.63) is 17.8 Å². The van der Waals surface area contributed by atoms with Crippen LogP contribution in [0.5, 0.6) is 0 Å². The molecule has 2 rings (SSSR count). The molecule has 6 nitrogen and oxygen atoms in total. The Bertz CT molecular complexity index is 484. The van der Waals surface area contributed by atoms with Crippen molar-refractivity contribution in [2.24, 2.45) is 0 Å². The Morgan fingerprint density at radius 1 is 1.60 bits per heavy atom. The molecule has 1 aromatic rings. The highest BCUT2D eigenvalue weighted by Gasteiger charge is 2.26. The number of esters is 1. The Hall–Kier alpha value is -1.76. The van der Waals surface area contributed by atoms with Crippen molar-refractivity contribution in [1.29, 1.82) is 0 Å². The van der Waals surface area contributed by atoms with Gasteiger partial charge in [0, 0.05) is 13.1 Å². The summed E-state index contributed by atoms with van der Waals surface area (Å²) < 4.78 is 24.3. The van der Waals surface area contributed by atoms with E-state index in [-0.39, 0.29) is 24.3 Å². The molecular formula is C13H18FN3O3. The van der Waals surface area contributed by atoms with Crippen LogP contribution in [0.1, 0.15) is 19.0 Å². The van der Waals surface area contributed by atoms with Crippen molar-refractivity contribution in [1.82, 2.24) is 9.97 Å². The molecule has 7 heteroatoms. The summed E-state index contributed by atoms with van der Waals surface area (Å²) in [6.07, 6.45) is 1.72. The molecule has 0 aromatic carbocycles. The number of halogens is 1. The van der Waals surface area contributed by atoms with E-state index in [2.05, 4.69) is 14.7 Å². The number of nitrogens with zero attached hydrogens (tertiary/aromatic N) is 3. The lowest BCUT2D eigenvalue weighted by Gasteiger charge is -2.33. The first-order valence-corrected chi connectivity index (χ1v) is 6.58. The van der Waals surface area contributed by atoms with Gasteiger partial charge < -0.3 is 14.4 Å². The predicted octanol–water partition coefficient (Wildman–Crippen LogP) is 0.946. The number of hydrogen-bond acceptors (Lipinski definition) is 6. The first-order valence-electron chi connectivity index (χ1n) is 6.58. The zero-order valence-corrected chi connectivity index (χ0v) is 11.6. The van der Waals surface area contributed by atoms with Crippen molar-refractivity contribution in [3.8, 4) is 0 Å². The van der Waals surface area contributed by atoms with Gasteiger partial charge >= 0.3 is 5.97 Å². The fourth-order valence-electron chi connectivity index (χ4n) is 2.17. The highest BCUT2D eigenvalue weighted by atomic mass is 19.1. The van der Waals surface area contributed by atoms with Gasteiger partial charge in [-0.15, -0.1) is 0 Å². The van der Waals surface area contributed by atoms with Crippen LogP contribution >= 0.6 is 0 Å². The summed E-state index contributed by atoms with van der Waals surface area (Å²) in [6.45, 7) is 3.21. The summed E-state index contributed by atoms with van der Waals surface area (Å²) >= 11 is 0. The van der Waals surface area contributed by atoms with Gasteiger partial charge in [0.2, 0.25) is 0 Å². The third-order valence-corrected chi connectivity index (χ3v) is 3.24. The zero-order chi connectivity index (χ0) is 14.5. The average molecular weight is 283 g/mol. The molecule has 110 valence electrons. The number of methoxy groups -OCH3 is 1. The molecule has 1 fully saturated rings. The van der Waals surface area contributed by atoms with Gasteiger partial charge in [-0.05, 0) is 6.42 Å². The first-order chi connectivity index (χ1) is 9.65. The summed E-state index contributed by atoms with van der Waals surface area (Å²) in [7, 11) is 1.33. The Morgan fingerprint density at radius 2 is 2.40 bits per heavy atom. The Labute approximate surface area is 116 Å². The summed E-state index contributed by atoms with van der Waals surface area (Å²) in [4.78, 5) is 21.0.